The molecule has 0 saturated heterocycles. The fraction of sp³-hybridized carbons (Fsp3) is 0.154. The number of thiophene rings is 1. The highest BCUT2D eigenvalue weighted by Crippen LogP contribution is 2.30. The molecule has 0 aliphatic rings. The Balaban J connectivity index is 1.42. The fourth-order valence-corrected chi connectivity index (χ4v) is 4.37. The van der Waals surface area contributed by atoms with Crippen LogP contribution in [0.1, 0.15) is 33.3 Å². The van der Waals surface area contributed by atoms with Crippen LogP contribution in [0.15, 0.2) is 71.8 Å². The van der Waals surface area contributed by atoms with E-state index in [9.17, 15) is 14.9 Å². The van der Waals surface area contributed by atoms with Crippen LogP contribution in [0.3, 0.4) is 0 Å². The van der Waals surface area contributed by atoms with Crippen molar-refractivity contribution in [3.05, 3.63) is 98.4 Å². The summed E-state index contributed by atoms with van der Waals surface area (Å²) < 4.78 is 12.5. The van der Waals surface area contributed by atoms with Crippen LogP contribution in [0.5, 0.6) is 11.5 Å². The SMILES string of the molecule is CCOc1cc(C=NNC(=O)c2cc3cc([N+](=O)[O-])ccc3s2)ccc1OCc1cccc(C)c1. The number of benzene rings is 3. The third-order valence-corrected chi connectivity index (χ3v) is 6.17. The van der Waals surface area contributed by atoms with Crippen molar-refractivity contribution in [2.24, 2.45) is 5.10 Å². The van der Waals surface area contributed by atoms with Gasteiger partial charge in [0.15, 0.2) is 11.5 Å². The van der Waals surface area contributed by atoms with Gasteiger partial charge in [0.1, 0.15) is 6.61 Å². The second kappa shape index (κ2) is 10.8. The highest BCUT2D eigenvalue weighted by molar-refractivity contribution is 7.20. The lowest BCUT2D eigenvalue weighted by atomic mass is 10.1. The molecule has 0 spiro atoms. The Morgan fingerprint density at radius 2 is 1.94 bits per heavy atom. The Morgan fingerprint density at radius 3 is 2.71 bits per heavy atom. The highest BCUT2D eigenvalue weighted by atomic mass is 32.1. The quantitative estimate of drug-likeness (QED) is 0.180. The number of hydrogen-bond acceptors (Lipinski definition) is 7. The minimum Gasteiger partial charge on any atom is -0.490 e. The summed E-state index contributed by atoms with van der Waals surface area (Å²) in [4.78, 5) is 23.4. The largest absolute Gasteiger partial charge is 0.490 e. The zero-order valence-electron chi connectivity index (χ0n) is 19.2. The van der Waals surface area contributed by atoms with Crippen LogP contribution < -0.4 is 14.9 Å². The van der Waals surface area contributed by atoms with Gasteiger partial charge in [0.25, 0.3) is 11.6 Å². The number of rotatable bonds is 9. The maximum atomic E-state index is 12.5. The minimum atomic E-state index is -0.462. The van der Waals surface area contributed by atoms with Crippen LogP contribution in [0, 0.1) is 17.0 Å². The second-order valence-corrected chi connectivity index (χ2v) is 8.79. The van der Waals surface area contributed by atoms with Crippen LogP contribution in [0.2, 0.25) is 0 Å². The molecule has 1 heterocycles. The molecule has 4 aromatic rings. The summed E-state index contributed by atoms with van der Waals surface area (Å²) in [5, 5.41) is 15.6. The molecule has 0 radical (unpaired) electrons. The van der Waals surface area contributed by atoms with E-state index in [1.54, 1.807) is 18.2 Å². The number of nitro groups is 1. The molecule has 1 aromatic heterocycles. The second-order valence-electron chi connectivity index (χ2n) is 7.71. The number of carbonyl (C=O) groups is 1. The van der Waals surface area contributed by atoms with Crippen LogP contribution in [-0.2, 0) is 6.61 Å². The standard InChI is InChI=1S/C26H23N3O5S/c1-3-33-23-12-18(7-9-22(23)34-16-19-6-4-5-17(2)11-19)15-27-28-26(30)25-14-20-13-21(29(31)32)8-10-24(20)35-25/h4-15H,3,16H2,1-2H3,(H,28,30). The van der Waals surface area contributed by atoms with Gasteiger partial charge in [0, 0.05) is 22.2 Å². The van der Waals surface area contributed by atoms with E-state index in [-0.39, 0.29) is 5.69 Å². The van der Waals surface area contributed by atoms with Gasteiger partial charge in [-0.15, -0.1) is 11.3 Å². The van der Waals surface area contributed by atoms with E-state index in [1.807, 2.05) is 44.2 Å². The summed E-state index contributed by atoms with van der Waals surface area (Å²) in [5.41, 5.74) is 5.44. The molecule has 3 aromatic carbocycles. The van der Waals surface area contributed by atoms with Crippen LogP contribution in [-0.4, -0.2) is 23.7 Å². The average molecular weight is 490 g/mol. The Labute approximate surface area is 206 Å². The molecule has 0 unspecified atom stereocenters. The van der Waals surface area contributed by atoms with Gasteiger partial charge in [-0.25, -0.2) is 5.43 Å². The Hall–Kier alpha value is -4.24. The Kier molecular flexibility index (Phi) is 7.37. The van der Waals surface area contributed by atoms with Crippen molar-refractivity contribution in [1.82, 2.24) is 5.43 Å². The third-order valence-electron chi connectivity index (χ3n) is 5.06. The van der Waals surface area contributed by atoms with Gasteiger partial charge in [-0.3, -0.25) is 14.9 Å². The van der Waals surface area contributed by atoms with Crippen molar-refractivity contribution in [2.75, 3.05) is 6.61 Å². The average Bonchev–Trinajstić information content (AvgIpc) is 3.27. The molecular formula is C26H23N3O5S. The normalized spacial score (nSPS) is 11.0. The summed E-state index contributed by atoms with van der Waals surface area (Å²) >= 11 is 1.24. The first-order valence-corrected chi connectivity index (χ1v) is 11.7. The van der Waals surface area contributed by atoms with Crippen molar-refractivity contribution in [1.29, 1.82) is 0 Å². The lowest BCUT2D eigenvalue weighted by molar-refractivity contribution is -0.384. The summed E-state index contributed by atoms with van der Waals surface area (Å²) in [6, 6.07) is 19.7. The molecule has 0 aliphatic carbocycles. The molecular weight excluding hydrogens is 466 g/mol. The van der Waals surface area contributed by atoms with Gasteiger partial charge < -0.3 is 9.47 Å². The zero-order chi connectivity index (χ0) is 24.8. The molecule has 9 heteroatoms. The molecule has 1 amide bonds. The molecule has 0 aliphatic heterocycles. The number of nitrogens with zero attached hydrogens (tertiary/aromatic N) is 2. The first-order valence-electron chi connectivity index (χ1n) is 10.9. The molecule has 178 valence electrons. The monoisotopic (exact) mass is 489 g/mol. The van der Waals surface area contributed by atoms with E-state index in [0.717, 1.165) is 15.8 Å². The number of nitrogens with one attached hydrogen (secondary N) is 1. The lowest BCUT2D eigenvalue weighted by Gasteiger charge is -2.13. The first-order chi connectivity index (χ1) is 16.9. The third kappa shape index (κ3) is 6.01. The van der Waals surface area contributed by atoms with Crippen molar-refractivity contribution < 1.29 is 19.2 Å². The predicted octanol–water partition coefficient (Wildman–Crippen LogP) is 5.86. The van der Waals surface area contributed by atoms with Crippen molar-refractivity contribution in [3.8, 4) is 11.5 Å². The maximum absolute atomic E-state index is 12.5. The van der Waals surface area contributed by atoms with E-state index in [2.05, 4.69) is 16.6 Å². The van der Waals surface area contributed by atoms with Gasteiger partial charge in [-0.1, -0.05) is 29.8 Å². The number of nitro benzene ring substituents is 1. The highest BCUT2D eigenvalue weighted by Gasteiger charge is 2.13. The fourth-order valence-electron chi connectivity index (χ4n) is 3.43. The summed E-state index contributed by atoms with van der Waals surface area (Å²) in [7, 11) is 0. The van der Waals surface area contributed by atoms with Crippen molar-refractivity contribution in [2.45, 2.75) is 20.5 Å². The van der Waals surface area contributed by atoms with Gasteiger partial charge in [-0.2, -0.15) is 5.10 Å². The smallest absolute Gasteiger partial charge is 0.281 e. The molecule has 35 heavy (non-hydrogen) atoms. The van der Waals surface area contributed by atoms with Gasteiger partial charge in [0.05, 0.1) is 22.6 Å². The molecule has 0 fully saturated rings. The number of hydrogen-bond donors (Lipinski definition) is 1. The van der Waals surface area contributed by atoms with Gasteiger partial charge >= 0.3 is 0 Å². The molecule has 0 saturated carbocycles. The number of aryl methyl sites for hydroxylation is 1. The van der Waals surface area contributed by atoms with Crippen LogP contribution in [0.4, 0.5) is 5.69 Å². The summed E-state index contributed by atoms with van der Waals surface area (Å²) in [5.74, 6) is 0.809. The number of ether oxygens (including phenoxy) is 2. The van der Waals surface area contributed by atoms with E-state index in [4.69, 9.17) is 9.47 Å². The molecule has 4 rings (SSSR count). The number of amides is 1. The lowest BCUT2D eigenvalue weighted by Crippen LogP contribution is -2.16. The number of carbonyl (C=O) groups excluding carboxylic acids is 1. The Bertz CT molecular complexity index is 1410. The number of hydrazone groups is 1. The molecule has 0 atom stereocenters. The van der Waals surface area contributed by atoms with Gasteiger partial charge in [-0.05, 0) is 55.3 Å². The molecule has 8 nitrogen and oxygen atoms in total. The maximum Gasteiger partial charge on any atom is 0.281 e. The predicted molar refractivity (Wildman–Crippen MR) is 137 cm³/mol. The van der Waals surface area contributed by atoms with Crippen LogP contribution >= 0.6 is 11.3 Å². The summed E-state index contributed by atoms with van der Waals surface area (Å²) in [6.07, 6.45) is 1.52. The van der Waals surface area contributed by atoms with E-state index >= 15 is 0 Å². The van der Waals surface area contributed by atoms with Crippen LogP contribution in [0.25, 0.3) is 10.1 Å². The van der Waals surface area contributed by atoms with Crippen molar-refractivity contribution >= 4 is 39.2 Å². The van der Waals surface area contributed by atoms with E-state index < -0.39 is 10.8 Å². The van der Waals surface area contributed by atoms with Gasteiger partial charge in [0.2, 0.25) is 0 Å². The number of non-ortho nitro benzene ring substituents is 1. The van der Waals surface area contributed by atoms with E-state index in [1.165, 1.54) is 35.2 Å². The topological polar surface area (TPSA) is 103 Å². The molecule has 0 bridgehead atoms. The Morgan fingerprint density at radius 1 is 1.09 bits per heavy atom. The molecule has 1 N–H and O–H groups in total. The summed E-state index contributed by atoms with van der Waals surface area (Å²) in [6.45, 7) is 4.83. The van der Waals surface area contributed by atoms with E-state index in [0.29, 0.717) is 35.0 Å². The number of fused-ring (bicyclic) bond motifs is 1. The zero-order valence-corrected chi connectivity index (χ0v) is 20.0. The van der Waals surface area contributed by atoms with Crippen molar-refractivity contribution in [3.63, 3.8) is 0 Å². The minimum absolute atomic E-state index is 0.0170. The first kappa shape index (κ1) is 23.9.